The number of methoxy groups -OCH3 is 1. The molecule has 4 rings (SSSR count). The van der Waals surface area contributed by atoms with Crippen molar-refractivity contribution >= 4 is 17.2 Å². The largest absolute Gasteiger partial charge is 0.496 e. The van der Waals surface area contributed by atoms with Gasteiger partial charge in [-0.05, 0) is 56.2 Å². The zero-order chi connectivity index (χ0) is 24.5. The van der Waals surface area contributed by atoms with E-state index >= 15 is 0 Å². The van der Waals surface area contributed by atoms with Gasteiger partial charge in [-0.1, -0.05) is 30.3 Å². The van der Waals surface area contributed by atoms with Crippen molar-refractivity contribution in [2.75, 3.05) is 12.4 Å². The molecule has 176 valence electrons. The van der Waals surface area contributed by atoms with Gasteiger partial charge in [0, 0.05) is 34.0 Å². The van der Waals surface area contributed by atoms with Crippen molar-refractivity contribution in [1.29, 1.82) is 0 Å². The average Bonchev–Trinajstić information content (AvgIpc) is 2.77. The maximum atomic E-state index is 13.9. The van der Waals surface area contributed by atoms with E-state index in [-0.39, 0.29) is 24.4 Å². The quantitative estimate of drug-likeness (QED) is 0.431. The SMILES string of the molecule is COc1cc(F)ccc1-c1ccc2c(c1COc1ccccc1CC(=O)O)C(C)=CC(C)(C)N2. The van der Waals surface area contributed by atoms with Crippen LogP contribution in [0.1, 0.15) is 37.5 Å². The Labute approximate surface area is 198 Å². The molecule has 0 saturated carbocycles. The first kappa shape index (κ1) is 23.4. The summed E-state index contributed by atoms with van der Waals surface area (Å²) in [6.45, 7) is 6.47. The fraction of sp³-hybridized carbons (Fsp3) is 0.250. The van der Waals surface area contributed by atoms with E-state index in [1.54, 1.807) is 24.3 Å². The zero-order valence-electron chi connectivity index (χ0n) is 19.7. The Morgan fingerprint density at radius 1 is 1.06 bits per heavy atom. The van der Waals surface area contributed by atoms with Crippen molar-refractivity contribution in [3.8, 4) is 22.6 Å². The van der Waals surface area contributed by atoms with Gasteiger partial charge in [-0.25, -0.2) is 4.39 Å². The van der Waals surface area contributed by atoms with Crippen LogP contribution in [0.15, 0.2) is 60.7 Å². The van der Waals surface area contributed by atoms with E-state index in [0.29, 0.717) is 17.1 Å². The van der Waals surface area contributed by atoms with Crippen LogP contribution in [0.2, 0.25) is 0 Å². The van der Waals surface area contributed by atoms with Gasteiger partial charge in [-0.15, -0.1) is 0 Å². The van der Waals surface area contributed by atoms with Crippen LogP contribution >= 0.6 is 0 Å². The second-order valence-corrected chi connectivity index (χ2v) is 9.00. The molecule has 6 heteroatoms. The molecule has 0 atom stereocenters. The summed E-state index contributed by atoms with van der Waals surface area (Å²) in [6.07, 6.45) is 2.04. The van der Waals surface area contributed by atoms with Gasteiger partial charge in [0.2, 0.25) is 0 Å². The number of fused-ring (bicyclic) bond motifs is 1. The summed E-state index contributed by atoms with van der Waals surface area (Å²) in [4.78, 5) is 11.3. The van der Waals surface area contributed by atoms with E-state index in [1.807, 2.05) is 18.2 Å². The highest BCUT2D eigenvalue weighted by Gasteiger charge is 2.27. The predicted octanol–water partition coefficient (Wildman–Crippen LogP) is 6.31. The summed E-state index contributed by atoms with van der Waals surface area (Å²) >= 11 is 0. The molecule has 0 radical (unpaired) electrons. The Morgan fingerprint density at radius 3 is 2.53 bits per heavy atom. The molecule has 1 aliphatic rings. The fourth-order valence-electron chi connectivity index (χ4n) is 4.59. The second-order valence-electron chi connectivity index (χ2n) is 9.00. The zero-order valence-corrected chi connectivity index (χ0v) is 19.7. The summed E-state index contributed by atoms with van der Waals surface area (Å²) in [5.74, 6) is -0.350. The first-order valence-electron chi connectivity index (χ1n) is 11.1. The molecule has 0 unspecified atom stereocenters. The minimum absolute atomic E-state index is 0.129. The van der Waals surface area contributed by atoms with E-state index in [1.165, 1.54) is 19.2 Å². The molecule has 1 heterocycles. The molecular weight excluding hydrogens is 433 g/mol. The standard InChI is InChI=1S/C28H28FNO4/c1-17-15-28(2,3)30-23-12-11-20(21-10-9-19(29)14-25(21)33-4)22(27(17)23)16-34-24-8-6-5-7-18(24)13-26(31)32/h5-12,14-15,30H,13,16H2,1-4H3,(H,31,32). The summed E-state index contributed by atoms with van der Waals surface area (Å²) in [6, 6.07) is 15.6. The van der Waals surface area contributed by atoms with Crippen molar-refractivity contribution in [3.05, 3.63) is 83.2 Å². The first-order chi connectivity index (χ1) is 16.2. The molecule has 0 spiro atoms. The van der Waals surface area contributed by atoms with Gasteiger partial charge in [-0.3, -0.25) is 4.79 Å². The number of halogens is 1. The number of carboxylic acids is 1. The van der Waals surface area contributed by atoms with Crippen LogP contribution in [0.4, 0.5) is 10.1 Å². The highest BCUT2D eigenvalue weighted by atomic mass is 19.1. The number of para-hydroxylation sites is 1. The lowest BCUT2D eigenvalue weighted by Crippen LogP contribution is -2.32. The second kappa shape index (κ2) is 9.21. The number of carbonyl (C=O) groups is 1. The number of anilines is 1. The summed E-state index contributed by atoms with van der Waals surface area (Å²) in [7, 11) is 1.52. The smallest absolute Gasteiger partial charge is 0.307 e. The third kappa shape index (κ3) is 4.76. The third-order valence-corrected chi connectivity index (χ3v) is 5.88. The Morgan fingerprint density at radius 2 is 1.79 bits per heavy atom. The number of aliphatic carboxylic acids is 1. The molecule has 0 amide bonds. The molecule has 34 heavy (non-hydrogen) atoms. The molecule has 2 N–H and O–H groups in total. The molecule has 1 aliphatic heterocycles. The van der Waals surface area contributed by atoms with Gasteiger partial charge in [0.05, 0.1) is 19.1 Å². The number of rotatable bonds is 7. The highest BCUT2D eigenvalue weighted by molar-refractivity contribution is 5.88. The van der Waals surface area contributed by atoms with Crippen LogP contribution in [0, 0.1) is 5.82 Å². The maximum absolute atomic E-state index is 13.9. The van der Waals surface area contributed by atoms with Crippen LogP contribution in [0.3, 0.4) is 0 Å². The third-order valence-electron chi connectivity index (χ3n) is 5.88. The Bertz CT molecular complexity index is 1280. The van der Waals surface area contributed by atoms with Crippen molar-refractivity contribution in [3.63, 3.8) is 0 Å². The lowest BCUT2D eigenvalue weighted by atomic mass is 9.85. The van der Waals surface area contributed by atoms with Gasteiger partial charge in [0.25, 0.3) is 0 Å². The van der Waals surface area contributed by atoms with Crippen LogP contribution < -0.4 is 14.8 Å². The van der Waals surface area contributed by atoms with Gasteiger partial charge in [0.15, 0.2) is 0 Å². The number of carboxylic acid groups (broad SMARTS) is 1. The monoisotopic (exact) mass is 461 g/mol. The molecular formula is C28H28FNO4. The van der Waals surface area contributed by atoms with Gasteiger partial charge >= 0.3 is 5.97 Å². The summed E-state index contributed by atoms with van der Waals surface area (Å²) in [5.41, 5.74) is 6.00. The van der Waals surface area contributed by atoms with E-state index in [9.17, 15) is 14.3 Å². The molecule has 0 saturated heterocycles. The summed E-state index contributed by atoms with van der Waals surface area (Å²) in [5, 5.41) is 12.8. The van der Waals surface area contributed by atoms with Crippen molar-refractivity contribution in [2.24, 2.45) is 0 Å². The number of ether oxygens (including phenoxy) is 2. The number of nitrogens with one attached hydrogen (secondary N) is 1. The lowest BCUT2D eigenvalue weighted by molar-refractivity contribution is -0.136. The fourth-order valence-corrected chi connectivity index (χ4v) is 4.59. The van der Waals surface area contributed by atoms with E-state index in [4.69, 9.17) is 9.47 Å². The van der Waals surface area contributed by atoms with Gasteiger partial charge in [-0.2, -0.15) is 0 Å². The topological polar surface area (TPSA) is 67.8 Å². The van der Waals surface area contributed by atoms with Crippen LogP contribution in [0.5, 0.6) is 11.5 Å². The molecule has 3 aromatic carbocycles. The molecule has 3 aromatic rings. The lowest BCUT2D eigenvalue weighted by Gasteiger charge is -2.33. The van der Waals surface area contributed by atoms with E-state index in [0.717, 1.165) is 33.5 Å². The maximum Gasteiger partial charge on any atom is 0.307 e. The molecule has 0 bridgehead atoms. The van der Waals surface area contributed by atoms with Crippen molar-refractivity contribution in [2.45, 2.75) is 39.3 Å². The predicted molar refractivity (Wildman–Crippen MR) is 132 cm³/mol. The minimum Gasteiger partial charge on any atom is -0.496 e. The molecule has 0 fully saturated rings. The van der Waals surface area contributed by atoms with Crippen molar-refractivity contribution in [1.82, 2.24) is 0 Å². The normalized spacial score (nSPS) is 14.0. The number of benzene rings is 3. The van der Waals surface area contributed by atoms with Crippen LogP contribution in [0.25, 0.3) is 16.7 Å². The highest BCUT2D eigenvalue weighted by Crippen LogP contribution is 2.43. The Hall–Kier alpha value is -3.80. The van der Waals surface area contributed by atoms with Crippen LogP contribution in [-0.4, -0.2) is 23.7 Å². The Kier molecular flexibility index (Phi) is 6.33. The van der Waals surface area contributed by atoms with E-state index in [2.05, 4.69) is 32.2 Å². The average molecular weight is 462 g/mol. The Balaban J connectivity index is 1.84. The first-order valence-corrected chi connectivity index (χ1v) is 11.1. The van der Waals surface area contributed by atoms with Gasteiger partial charge < -0.3 is 19.9 Å². The number of allylic oxidation sites excluding steroid dienone is 1. The van der Waals surface area contributed by atoms with Gasteiger partial charge in [0.1, 0.15) is 23.9 Å². The van der Waals surface area contributed by atoms with Crippen molar-refractivity contribution < 1.29 is 23.8 Å². The minimum atomic E-state index is -0.921. The number of hydrogen-bond donors (Lipinski definition) is 2. The number of hydrogen-bond acceptors (Lipinski definition) is 4. The molecule has 0 aromatic heterocycles. The molecule has 5 nitrogen and oxygen atoms in total. The summed E-state index contributed by atoms with van der Waals surface area (Å²) < 4.78 is 25.6. The van der Waals surface area contributed by atoms with Crippen LogP contribution in [-0.2, 0) is 17.8 Å². The van der Waals surface area contributed by atoms with E-state index < -0.39 is 5.97 Å². The molecule has 0 aliphatic carbocycles.